The molecule has 6 nitrogen and oxygen atoms in total. The number of piperidine rings is 1. The van der Waals surface area contributed by atoms with Crippen LogP contribution in [-0.2, 0) is 19.0 Å². The van der Waals surface area contributed by atoms with Crippen molar-refractivity contribution in [3.8, 4) is 11.1 Å². The lowest BCUT2D eigenvalue weighted by Gasteiger charge is -2.37. The predicted molar refractivity (Wildman–Crippen MR) is 133 cm³/mol. The van der Waals surface area contributed by atoms with Crippen LogP contribution < -0.4 is 0 Å². The Bertz CT molecular complexity index is 993. The molecular formula is C29H35NO5. The van der Waals surface area contributed by atoms with Crippen molar-refractivity contribution in [2.75, 3.05) is 33.0 Å². The predicted octanol–water partition coefficient (Wildman–Crippen LogP) is 5.19. The molecule has 2 unspecified atom stereocenters. The van der Waals surface area contributed by atoms with Crippen molar-refractivity contribution in [1.29, 1.82) is 0 Å². The molecule has 6 heteroatoms. The van der Waals surface area contributed by atoms with E-state index in [2.05, 4.69) is 36.4 Å². The fourth-order valence-corrected chi connectivity index (χ4v) is 6.15. The number of carbonyl (C=O) groups is 2. The number of benzene rings is 2. The summed E-state index contributed by atoms with van der Waals surface area (Å²) in [6.45, 7) is 4.48. The maximum absolute atomic E-state index is 13.2. The van der Waals surface area contributed by atoms with Gasteiger partial charge in [-0.05, 0) is 54.9 Å². The Kier molecular flexibility index (Phi) is 7.49. The molecule has 3 aliphatic rings. The van der Waals surface area contributed by atoms with Crippen LogP contribution in [0.25, 0.3) is 11.1 Å². The average molecular weight is 478 g/mol. The first-order valence-electron chi connectivity index (χ1n) is 13.0. The fourth-order valence-electron chi connectivity index (χ4n) is 6.15. The minimum absolute atomic E-state index is 0.0145. The molecule has 0 aromatic heterocycles. The number of hydrogen-bond acceptors (Lipinski definition) is 5. The molecule has 186 valence electrons. The number of ether oxygens (including phenoxy) is 3. The maximum Gasteiger partial charge on any atom is 0.410 e. The molecule has 35 heavy (non-hydrogen) atoms. The van der Waals surface area contributed by atoms with Crippen LogP contribution in [0.5, 0.6) is 0 Å². The Morgan fingerprint density at radius 2 is 1.46 bits per heavy atom. The topological polar surface area (TPSA) is 65.1 Å². The van der Waals surface area contributed by atoms with E-state index >= 15 is 0 Å². The monoisotopic (exact) mass is 477 g/mol. The van der Waals surface area contributed by atoms with Gasteiger partial charge >= 0.3 is 6.09 Å². The van der Waals surface area contributed by atoms with Crippen LogP contribution >= 0.6 is 0 Å². The molecular weight excluding hydrogens is 442 g/mol. The summed E-state index contributed by atoms with van der Waals surface area (Å²) >= 11 is 0. The molecule has 0 saturated carbocycles. The van der Waals surface area contributed by atoms with Crippen LogP contribution in [-0.4, -0.2) is 61.9 Å². The molecule has 0 spiro atoms. The Morgan fingerprint density at radius 1 is 0.857 bits per heavy atom. The molecule has 5 rings (SSSR count). The van der Waals surface area contributed by atoms with E-state index in [-0.39, 0.29) is 35.8 Å². The van der Waals surface area contributed by atoms with Gasteiger partial charge < -0.3 is 19.1 Å². The molecule has 2 saturated heterocycles. The number of nitrogens with zero attached hydrogens (tertiary/aromatic N) is 1. The molecule has 2 heterocycles. The largest absolute Gasteiger partial charge is 0.448 e. The summed E-state index contributed by atoms with van der Waals surface area (Å²) < 4.78 is 16.7. The van der Waals surface area contributed by atoms with Gasteiger partial charge in [-0.2, -0.15) is 0 Å². The Morgan fingerprint density at radius 3 is 2.09 bits per heavy atom. The number of hydrogen-bond donors (Lipinski definition) is 0. The van der Waals surface area contributed by atoms with Gasteiger partial charge in [0.25, 0.3) is 0 Å². The van der Waals surface area contributed by atoms with Gasteiger partial charge in [0.1, 0.15) is 12.4 Å². The second-order valence-corrected chi connectivity index (χ2v) is 9.79. The van der Waals surface area contributed by atoms with Crippen molar-refractivity contribution in [3.63, 3.8) is 0 Å². The van der Waals surface area contributed by atoms with Crippen LogP contribution in [0.15, 0.2) is 48.5 Å². The molecule has 0 radical (unpaired) electrons. The van der Waals surface area contributed by atoms with Gasteiger partial charge in [0.15, 0.2) is 0 Å². The van der Waals surface area contributed by atoms with Gasteiger partial charge in [0, 0.05) is 36.9 Å². The van der Waals surface area contributed by atoms with E-state index in [9.17, 15) is 9.59 Å². The second kappa shape index (κ2) is 10.9. The van der Waals surface area contributed by atoms with Crippen molar-refractivity contribution in [2.24, 2.45) is 5.92 Å². The van der Waals surface area contributed by atoms with Gasteiger partial charge in [-0.25, -0.2) is 4.79 Å². The van der Waals surface area contributed by atoms with Crippen molar-refractivity contribution in [2.45, 2.75) is 57.0 Å². The highest BCUT2D eigenvalue weighted by Crippen LogP contribution is 2.45. The number of Topliss-reactive ketones (excluding diaryl/α,β-unsaturated/α-hetero) is 1. The van der Waals surface area contributed by atoms with Crippen LogP contribution in [0.4, 0.5) is 4.79 Å². The van der Waals surface area contributed by atoms with Crippen LogP contribution in [0.1, 0.15) is 56.1 Å². The minimum atomic E-state index is -0.232. The smallest absolute Gasteiger partial charge is 0.410 e. The van der Waals surface area contributed by atoms with Crippen LogP contribution in [0, 0.1) is 5.92 Å². The summed E-state index contributed by atoms with van der Waals surface area (Å²) in [5, 5.41) is 0. The molecule has 2 bridgehead atoms. The summed E-state index contributed by atoms with van der Waals surface area (Å²) in [4.78, 5) is 27.9. The SMILES string of the molecule is CCOCCOCCC(=O)C1CC2CCC(C1)N2C(=O)OCC1c2ccccc2-c2ccccc21. The third kappa shape index (κ3) is 5.00. The lowest BCUT2D eigenvalue weighted by Crippen LogP contribution is -2.48. The van der Waals surface area contributed by atoms with E-state index in [0.29, 0.717) is 39.5 Å². The quantitative estimate of drug-likeness (QED) is 0.441. The van der Waals surface area contributed by atoms with E-state index in [0.717, 1.165) is 25.7 Å². The first-order valence-corrected chi connectivity index (χ1v) is 13.0. The maximum atomic E-state index is 13.2. The summed E-state index contributed by atoms with van der Waals surface area (Å²) in [5.74, 6) is 0.331. The van der Waals surface area contributed by atoms with Crippen LogP contribution in [0.2, 0.25) is 0 Å². The molecule has 1 aliphatic carbocycles. The van der Waals surface area contributed by atoms with Crippen molar-refractivity contribution < 1.29 is 23.8 Å². The normalized spacial score (nSPS) is 22.7. The average Bonchev–Trinajstić information content (AvgIpc) is 3.35. The lowest BCUT2D eigenvalue weighted by atomic mass is 9.86. The van der Waals surface area contributed by atoms with Crippen molar-refractivity contribution in [1.82, 2.24) is 4.90 Å². The molecule has 1 amide bonds. The number of ketones is 1. The minimum Gasteiger partial charge on any atom is -0.448 e. The van der Waals surface area contributed by atoms with Gasteiger partial charge in [0.05, 0.1) is 19.8 Å². The standard InChI is InChI=1S/C29H35NO5/c1-2-33-15-16-34-14-13-28(31)20-17-21-11-12-22(18-20)30(21)29(32)35-19-27-25-9-5-3-7-23(25)24-8-4-6-10-26(24)27/h3-10,20-22,27H,2,11-19H2,1H3. The molecule has 0 N–H and O–H groups in total. The Labute approximate surface area is 207 Å². The van der Waals surface area contributed by atoms with E-state index in [4.69, 9.17) is 14.2 Å². The lowest BCUT2D eigenvalue weighted by molar-refractivity contribution is -0.126. The second-order valence-electron chi connectivity index (χ2n) is 9.79. The van der Waals surface area contributed by atoms with Crippen molar-refractivity contribution >= 4 is 11.9 Å². The number of rotatable bonds is 10. The van der Waals surface area contributed by atoms with Gasteiger partial charge in [-0.15, -0.1) is 0 Å². The molecule has 2 aromatic rings. The Hall–Kier alpha value is -2.70. The zero-order valence-corrected chi connectivity index (χ0v) is 20.5. The number of carbonyl (C=O) groups excluding carboxylic acids is 2. The van der Waals surface area contributed by atoms with Gasteiger partial charge in [-0.3, -0.25) is 4.79 Å². The summed E-state index contributed by atoms with van der Waals surface area (Å²) in [5.41, 5.74) is 4.89. The van der Waals surface area contributed by atoms with E-state index < -0.39 is 0 Å². The highest BCUT2D eigenvalue weighted by molar-refractivity contribution is 5.82. The first-order chi connectivity index (χ1) is 17.2. The fraction of sp³-hybridized carbons (Fsp3) is 0.517. The number of fused-ring (bicyclic) bond motifs is 5. The van der Waals surface area contributed by atoms with Crippen molar-refractivity contribution in [3.05, 3.63) is 59.7 Å². The highest BCUT2D eigenvalue weighted by Gasteiger charge is 2.46. The number of amides is 1. The zero-order chi connectivity index (χ0) is 24.2. The third-order valence-corrected chi connectivity index (χ3v) is 7.80. The molecule has 2 atom stereocenters. The molecule has 2 aromatic carbocycles. The molecule has 2 aliphatic heterocycles. The van der Waals surface area contributed by atoms with Gasteiger partial charge in [-0.1, -0.05) is 48.5 Å². The highest BCUT2D eigenvalue weighted by atomic mass is 16.6. The van der Waals surface area contributed by atoms with Gasteiger partial charge in [0.2, 0.25) is 0 Å². The summed E-state index contributed by atoms with van der Waals surface area (Å²) in [6.07, 6.45) is 3.56. The Balaban J connectivity index is 1.15. The first kappa shape index (κ1) is 24.0. The zero-order valence-electron chi connectivity index (χ0n) is 20.5. The summed E-state index contributed by atoms with van der Waals surface area (Å²) in [7, 11) is 0. The van der Waals surface area contributed by atoms with E-state index in [1.54, 1.807) is 0 Å². The third-order valence-electron chi connectivity index (χ3n) is 7.80. The summed E-state index contributed by atoms with van der Waals surface area (Å²) in [6, 6.07) is 16.9. The van der Waals surface area contributed by atoms with E-state index in [1.807, 2.05) is 24.0 Å². The molecule has 2 fully saturated rings. The van der Waals surface area contributed by atoms with E-state index in [1.165, 1.54) is 22.3 Å². The van der Waals surface area contributed by atoms with Crippen LogP contribution in [0.3, 0.4) is 0 Å².